The fourth-order valence-electron chi connectivity index (χ4n) is 3.23. The van der Waals surface area contributed by atoms with Gasteiger partial charge in [0, 0.05) is 29.9 Å². The maximum absolute atomic E-state index is 12.0. The number of rotatable bonds is 2. The van der Waals surface area contributed by atoms with Crippen molar-refractivity contribution in [1.29, 1.82) is 0 Å². The average Bonchev–Trinajstić information content (AvgIpc) is 3.05. The first-order valence-corrected chi connectivity index (χ1v) is 7.33. The molecule has 0 fully saturated rings. The van der Waals surface area contributed by atoms with Crippen LogP contribution in [0.4, 0.5) is 0 Å². The van der Waals surface area contributed by atoms with Gasteiger partial charge >= 0.3 is 0 Å². The minimum absolute atomic E-state index is 0.281. The number of carbonyl (C=O) groups is 1. The molecule has 4 nitrogen and oxygen atoms in total. The summed E-state index contributed by atoms with van der Waals surface area (Å²) >= 11 is 0. The SMILES string of the molecule is Cc1cc2c(n1Cc1ccc3c(c1)OCO3)CCCC2=O. The molecule has 0 saturated carbocycles. The Hall–Kier alpha value is -2.23. The molecule has 4 rings (SSSR count). The van der Waals surface area contributed by atoms with Crippen molar-refractivity contribution in [3.8, 4) is 11.5 Å². The molecule has 0 atom stereocenters. The van der Waals surface area contributed by atoms with Gasteiger partial charge in [-0.25, -0.2) is 0 Å². The van der Waals surface area contributed by atoms with Gasteiger partial charge in [-0.1, -0.05) is 6.07 Å². The fourth-order valence-corrected chi connectivity index (χ4v) is 3.23. The number of hydrogen-bond donors (Lipinski definition) is 0. The summed E-state index contributed by atoms with van der Waals surface area (Å²) in [5.41, 5.74) is 4.41. The van der Waals surface area contributed by atoms with Gasteiger partial charge in [-0.15, -0.1) is 0 Å². The van der Waals surface area contributed by atoms with Gasteiger partial charge in [-0.05, 0) is 43.5 Å². The Labute approximate surface area is 123 Å². The number of aryl methyl sites for hydroxylation is 1. The fraction of sp³-hybridized carbons (Fsp3) is 0.353. The van der Waals surface area contributed by atoms with Gasteiger partial charge in [0.15, 0.2) is 17.3 Å². The van der Waals surface area contributed by atoms with Crippen molar-refractivity contribution in [3.63, 3.8) is 0 Å². The van der Waals surface area contributed by atoms with E-state index >= 15 is 0 Å². The van der Waals surface area contributed by atoms with Crippen LogP contribution in [0, 0.1) is 6.92 Å². The highest BCUT2D eigenvalue weighted by Crippen LogP contribution is 2.33. The third kappa shape index (κ3) is 2.02. The van der Waals surface area contributed by atoms with E-state index in [4.69, 9.17) is 9.47 Å². The molecule has 0 amide bonds. The maximum atomic E-state index is 12.0. The zero-order valence-electron chi connectivity index (χ0n) is 12.0. The van der Waals surface area contributed by atoms with Crippen molar-refractivity contribution in [2.45, 2.75) is 32.7 Å². The van der Waals surface area contributed by atoms with E-state index in [0.29, 0.717) is 13.2 Å². The van der Waals surface area contributed by atoms with Crippen LogP contribution in [0.2, 0.25) is 0 Å². The topological polar surface area (TPSA) is 40.5 Å². The number of ether oxygens (including phenoxy) is 2. The lowest BCUT2D eigenvalue weighted by molar-refractivity contribution is 0.0972. The second-order valence-electron chi connectivity index (χ2n) is 5.70. The first-order chi connectivity index (χ1) is 10.2. The van der Waals surface area contributed by atoms with E-state index < -0.39 is 0 Å². The number of benzene rings is 1. The minimum atomic E-state index is 0.281. The second-order valence-corrected chi connectivity index (χ2v) is 5.70. The molecule has 1 aliphatic heterocycles. The van der Waals surface area contributed by atoms with Crippen molar-refractivity contribution in [2.24, 2.45) is 0 Å². The van der Waals surface area contributed by atoms with Gasteiger partial charge in [0.1, 0.15) is 0 Å². The van der Waals surface area contributed by atoms with E-state index in [9.17, 15) is 4.79 Å². The van der Waals surface area contributed by atoms with E-state index in [1.54, 1.807) is 0 Å². The second kappa shape index (κ2) is 4.65. The summed E-state index contributed by atoms with van der Waals surface area (Å²) in [6.45, 7) is 3.13. The molecule has 0 radical (unpaired) electrons. The van der Waals surface area contributed by atoms with Gasteiger partial charge in [-0.2, -0.15) is 0 Å². The number of aromatic nitrogens is 1. The molecule has 0 unspecified atom stereocenters. The molecule has 0 N–H and O–H groups in total. The molecule has 1 aromatic heterocycles. The lowest BCUT2D eigenvalue weighted by Crippen LogP contribution is -2.14. The van der Waals surface area contributed by atoms with Crippen LogP contribution in [0.15, 0.2) is 24.3 Å². The molecule has 0 spiro atoms. The van der Waals surface area contributed by atoms with E-state index in [1.165, 1.54) is 11.3 Å². The molecular weight excluding hydrogens is 266 g/mol. The molecule has 2 aliphatic rings. The number of carbonyl (C=O) groups excluding carboxylic acids is 1. The van der Waals surface area contributed by atoms with Crippen LogP contribution in [-0.2, 0) is 13.0 Å². The predicted molar refractivity (Wildman–Crippen MR) is 78.1 cm³/mol. The van der Waals surface area contributed by atoms with E-state index in [0.717, 1.165) is 42.1 Å². The van der Waals surface area contributed by atoms with Crippen LogP contribution in [0.5, 0.6) is 11.5 Å². The third-order valence-corrected chi connectivity index (χ3v) is 4.31. The van der Waals surface area contributed by atoms with Crippen molar-refractivity contribution >= 4 is 5.78 Å². The Balaban J connectivity index is 1.70. The zero-order chi connectivity index (χ0) is 14.4. The van der Waals surface area contributed by atoms with Crippen LogP contribution in [0.1, 0.15) is 40.2 Å². The maximum Gasteiger partial charge on any atom is 0.231 e. The standard InChI is InChI=1S/C17H17NO3/c1-11-7-13-14(3-2-4-15(13)19)18(11)9-12-5-6-16-17(8-12)21-10-20-16/h5-8H,2-4,9-10H2,1H3. The summed E-state index contributed by atoms with van der Waals surface area (Å²) in [5, 5.41) is 0. The molecule has 4 heteroatoms. The highest BCUT2D eigenvalue weighted by molar-refractivity contribution is 5.98. The molecule has 21 heavy (non-hydrogen) atoms. The van der Waals surface area contributed by atoms with Crippen LogP contribution in [0.3, 0.4) is 0 Å². The van der Waals surface area contributed by atoms with Crippen molar-refractivity contribution in [1.82, 2.24) is 4.57 Å². The number of Topliss-reactive ketones (excluding diaryl/α,β-unsaturated/α-hetero) is 1. The van der Waals surface area contributed by atoms with Gasteiger partial charge in [0.25, 0.3) is 0 Å². The number of ketones is 1. The largest absolute Gasteiger partial charge is 0.454 e. The van der Waals surface area contributed by atoms with Crippen LogP contribution >= 0.6 is 0 Å². The van der Waals surface area contributed by atoms with Crippen molar-refractivity contribution < 1.29 is 14.3 Å². The Morgan fingerprint density at radius 3 is 2.90 bits per heavy atom. The summed E-state index contributed by atoms with van der Waals surface area (Å²) in [4.78, 5) is 12.0. The van der Waals surface area contributed by atoms with Gasteiger partial charge in [0.05, 0.1) is 0 Å². The van der Waals surface area contributed by atoms with E-state index in [-0.39, 0.29) is 5.78 Å². The van der Waals surface area contributed by atoms with Crippen molar-refractivity contribution in [3.05, 3.63) is 46.8 Å². The van der Waals surface area contributed by atoms with Crippen LogP contribution < -0.4 is 9.47 Å². The Bertz CT molecular complexity index is 730. The number of hydrogen-bond acceptors (Lipinski definition) is 3. The van der Waals surface area contributed by atoms with Gasteiger partial charge < -0.3 is 14.0 Å². The molecular formula is C17H17NO3. The molecule has 1 aliphatic carbocycles. The zero-order valence-corrected chi connectivity index (χ0v) is 12.0. The monoisotopic (exact) mass is 283 g/mol. The predicted octanol–water partition coefficient (Wildman–Crippen LogP) is 3.09. The lowest BCUT2D eigenvalue weighted by Gasteiger charge is -2.16. The Kier molecular flexibility index (Phi) is 2.77. The molecule has 0 saturated heterocycles. The first-order valence-electron chi connectivity index (χ1n) is 7.33. The highest BCUT2D eigenvalue weighted by Gasteiger charge is 2.23. The average molecular weight is 283 g/mol. The van der Waals surface area contributed by atoms with Gasteiger partial charge in [-0.3, -0.25) is 4.79 Å². The summed E-state index contributed by atoms with van der Waals surface area (Å²) < 4.78 is 13.0. The van der Waals surface area contributed by atoms with E-state index in [1.807, 2.05) is 18.2 Å². The smallest absolute Gasteiger partial charge is 0.231 e. The number of fused-ring (bicyclic) bond motifs is 2. The number of nitrogens with zero attached hydrogens (tertiary/aromatic N) is 1. The highest BCUT2D eigenvalue weighted by atomic mass is 16.7. The molecule has 1 aromatic carbocycles. The van der Waals surface area contributed by atoms with Crippen LogP contribution in [0.25, 0.3) is 0 Å². The first kappa shape index (κ1) is 12.5. The minimum Gasteiger partial charge on any atom is -0.454 e. The quantitative estimate of drug-likeness (QED) is 0.850. The molecule has 108 valence electrons. The lowest BCUT2D eigenvalue weighted by atomic mass is 9.96. The molecule has 0 bridgehead atoms. The summed E-state index contributed by atoms with van der Waals surface area (Å²) in [6.07, 6.45) is 2.62. The van der Waals surface area contributed by atoms with Crippen LogP contribution in [-0.4, -0.2) is 17.1 Å². The van der Waals surface area contributed by atoms with Crippen molar-refractivity contribution in [2.75, 3.05) is 6.79 Å². The molecule has 2 heterocycles. The summed E-state index contributed by atoms with van der Waals surface area (Å²) in [6, 6.07) is 8.07. The molecule has 2 aromatic rings. The Morgan fingerprint density at radius 2 is 2.00 bits per heavy atom. The summed E-state index contributed by atoms with van der Waals surface area (Å²) in [5.74, 6) is 1.89. The van der Waals surface area contributed by atoms with Gasteiger partial charge in [0.2, 0.25) is 6.79 Å². The third-order valence-electron chi connectivity index (χ3n) is 4.31. The van der Waals surface area contributed by atoms with E-state index in [2.05, 4.69) is 17.6 Å². The Morgan fingerprint density at radius 1 is 1.14 bits per heavy atom. The normalized spacial score (nSPS) is 16.1. The summed E-state index contributed by atoms with van der Waals surface area (Å²) in [7, 11) is 0.